The Morgan fingerprint density at radius 3 is 1.65 bits per heavy atom. The molecular weight excluding hydrogens is 1820 g/mol. The van der Waals surface area contributed by atoms with E-state index in [9.17, 15) is 67.7 Å². The molecule has 5 fully saturated rings. The largest absolute Gasteiger partial charge is 0.481 e. The number of aliphatic carboxylic acids is 1. The summed E-state index contributed by atoms with van der Waals surface area (Å²) in [6.07, 6.45) is 2.78. The van der Waals surface area contributed by atoms with Gasteiger partial charge < -0.3 is 128 Å². The zero-order chi connectivity index (χ0) is 101. The predicted molar refractivity (Wildman–Crippen MR) is 512 cm³/mol. The van der Waals surface area contributed by atoms with Gasteiger partial charge in [-0.3, -0.25) is 96.1 Å². The Labute approximate surface area is 809 Å². The molecule has 0 aromatic heterocycles. The summed E-state index contributed by atoms with van der Waals surface area (Å²) in [5, 5.41) is 55.6. The first kappa shape index (κ1) is 115. The first-order valence-corrected chi connectivity index (χ1v) is 50.6. The molecule has 766 valence electrons. The molecule has 0 aliphatic carbocycles. The molecule has 44 nitrogen and oxygen atoms in total. The Balaban J connectivity index is 1.49. The van der Waals surface area contributed by atoms with Crippen molar-refractivity contribution in [3.8, 4) is 0 Å². The Morgan fingerprint density at radius 1 is 0.518 bits per heavy atom. The van der Waals surface area contributed by atoms with E-state index in [0.717, 1.165) is 21.6 Å². The standard InChI is InChI=1S/C91H149N23O21S2/c1-10-11-26-62-87(132)111-42-20-30-68(111)84(129)98-54(8)75(120)109-66(49-115)82(127)108-65(48-56-24-13-12-14-25-56)81(126)110-67(83(128)106-63(28-16-18-40-93)88(133)114-45-23-33-71(114)89(134)112-43-21-31-69(112)85(130)100-57(74(94)119)36-37-72(117)118)50-137-136-46-38-61(103-78(123)60(35-34-51(2)3)104-86(131)70-32-22-44-113(70)90(135)73(53(6)7)99-55(9)116)79(124)107-64(47-52(4)5)80(125)102-59(29-19-41-97-91(95)96)76(121)101-58(77(122)105-62)27-15-17-39-92/h12-14,24-25,51-54,57-71,73,115H,10-11,15-23,26-50,92-93H2,1-9H3,(H2,94,119)(H,98,129)(H,99,116)(H,100,130)(H,101,121)(H,102,125)(H,103,123)(H,104,131)(H,105,122)(H,106,128)(H,107,124)(H,108,127)(H,109,120)(H,110,126)(H,117,118)(H4,95,96,97)/t54?,57-,58-,59-,60-,61?,62-,63?,64-,65-,66-,67-,68-,69-,70-,71-,73-/m0/s1. The van der Waals surface area contributed by atoms with E-state index in [2.05, 4.69) is 74.1 Å². The van der Waals surface area contributed by atoms with Gasteiger partial charge in [0.25, 0.3) is 0 Å². The average molecular weight is 1970 g/mol. The number of unbranched alkanes of at least 4 members (excludes halogenated alkanes) is 3. The molecule has 5 saturated heterocycles. The minimum Gasteiger partial charge on any atom is -0.481 e. The molecule has 46 heteroatoms. The summed E-state index contributed by atoms with van der Waals surface area (Å²) >= 11 is 0. The molecule has 137 heavy (non-hydrogen) atoms. The average Bonchev–Trinajstić information content (AvgIpc) is 1.65. The maximum Gasteiger partial charge on any atom is 0.303 e. The van der Waals surface area contributed by atoms with Crippen molar-refractivity contribution >= 4 is 140 Å². The number of aliphatic hydroxyl groups is 1. The van der Waals surface area contributed by atoms with E-state index < -0.39 is 234 Å². The van der Waals surface area contributed by atoms with E-state index in [1.54, 1.807) is 58.0 Å². The third kappa shape index (κ3) is 37.0. The lowest BCUT2D eigenvalue weighted by molar-refractivity contribution is -0.148. The number of carboxylic acids is 1. The van der Waals surface area contributed by atoms with Crippen molar-refractivity contribution in [2.24, 2.45) is 51.4 Å². The number of nitrogens with one attached hydrogen (secondary N) is 13. The minimum absolute atomic E-state index is 0.00117. The lowest BCUT2D eigenvalue weighted by Gasteiger charge is -2.33. The van der Waals surface area contributed by atoms with E-state index in [1.807, 2.05) is 20.8 Å². The summed E-state index contributed by atoms with van der Waals surface area (Å²) in [5.74, 6) is -17.6. The maximum atomic E-state index is 15.6. The number of carbonyl (C=O) groups excluding carboxylic acids is 18. The number of aliphatic hydroxyl groups excluding tert-OH is 1. The number of fused-ring (bicyclic) bond motifs is 1. The summed E-state index contributed by atoms with van der Waals surface area (Å²) in [4.78, 5) is 284. The van der Waals surface area contributed by atoms with Gasteiger partial charge in [0.05, 0.1) is 6.61 Å². The summed E-state index contributed by atoms with van der Waals surface area (Å²) in [6.45, 7) is 14.7. The third-order valence-corrected chi connectivity index (χ3v) is 27.1. The molecule has 5 aliphatic rings. The van der Waals surface area contributed by atoms with Gasteiger partial charge in [-0.1, -0.05) is 113 Å². The molecule has 0 spiro atoms. The second kappa shape index (κ2) is 58.7. The van der Waals surface area contributed by atoms with E-state index >= 15 is 33.6 Å². The van der Waals surface area contributed by atoms with Crippen LogP contribution in [0, 0.1) is 17.8 Å². The van der Waals surface area contributed by atoms with Crippen molar-refractivity contribution in [1.82, 2.24) is 88.7 Å². The van der Waals surface area contributed by atoms with E-state index in [4.69, 9.17) is 28.7 Å². The first-order chi connectivity index (χ1) is 65.1. The smallest absolute Gasteiger partial charge is 0.303 e. The Hall–Kier alpha value is -11.0. The van der Waals surface area contributed by atoms with Gasteiger partial charge in [-0.05, 0) is 185 Å². The number of hydrogen-bond donors (Lipinski definition) is 20. The van der Waals surface area contributed by atoms with Gasteiger partial charge in [0, 0.05) is 64.0 Å². The van der Waals surface area contributed by atoms with Crippen molar-refractivity contribution in [3.05, 3.63) is 35.9 Å². The fourth-order valence-corrected chi connectivity index (χ4v) is 19.4. The molecule has 25 N–H and O–H groups in total. The summed E-state index contributed by atoms with van der Waals surface area (Å²) in [6, 6.07) is -15.4. The van der Waals surface area contributed by atoms with E-state index in [-0.39, 0.29) is 178 Å². The molecule has 3 unspecified atom stereocenters. The number of guanidine groups is 1. The number of rotatable bonds is 40. The highest BCUT2D eigenvalue weighted by atomic mass is 33.1. The molecule has 5 aliphatic heterocycles. The molecule has 0 bridgehead atoms. The molecule has 6 rings (SSSR count). The summed E-state index contributed by atoms with van der Waals surface area (Å²) in [7, 11) is 1.98. The molecule has 18 amide bonds. The third-order valence-electron chi connectivity index (χ3n) is 24.7. The summed E-state index contributed by atoms with van der Waals surface area (Å²) < 4.78 is 0. The van der Waals surface area contributed by atoms with Crippen LogP contribution in [0.5, 0.6) is 0 Å². The Kier molecular flexibility index (Phi) is 49.1. The number of carbonyl (C=O) groups is 19. The van der Waals surface area contributed by atoms with Gasteiger partial charge in [0.2, 0.25) is 106 Å². The molecule has 1 aromatic carbocycles. The maximum absolute atomic E-state index is 15.6. The Bertz CT molecular complexity index is 4300. The second-order valence-electron chi connectivity index (χ2n) is 36.9. The highest BCUT2D eigenvalue weighted by Gasteiger charge is 2.47. The molecular formula is C91H149N23O21S2. The summed E-state index contributed by atoms with van der Waals surface area (Å²) in [5.41, 5.74) is 29.4. The first-order valence-electron chi connectivity index (χ1n) is 48.1. The van der Waals surface area contributed by atoms with Crippen molar-refractivity contribution in [2.75, 3.05) is 63.9 Å². The fraction of sp³-hybridized carbons (Fsp3) is 0.714. The lowest BCUT2D eigenvalue weighted by Crippen LogP contribution is -2.61. The number of aliphatic imine (C=N–C) groups is 1. The van der Waals surface area contributed by atoms with Gasteiger partial charge in [-0.2, -0.15) is 0 Å². The lowest BCUT2D eigenvalue weighted by atomic mass is 10.00. The van der Waals surface area contributed by atoms with Crippen LogP contribution < -0.4 is 97.8 Å². The van der Waals surface area contributed by atoms with Crippen molar-refractivity contribution < 1.29 is 101 Å². The molecule has 0 saturated carbocycles. The van der Waals surface area contributed by atoms with Gasteiger partial charge in [-0.15, -0.1) is 0 Å². The monoisotopic (exact) mass is 1960 g/mol. The van der Waals surface area contributed by atoms with Crippen LogP contribution in [-0.2, 0) is 97.5 Å². The number of likely N-dealkylation sites (tertiary alicyclic amines) is 3. The normalized spacial score (nSPS) is 24.4. The van der Waals surface area contributed by atoms with Gasteiger partial charge in [0.1, 0.15) is 103 Å². The zero-order valence-corrected chi connectivity index (χ0v) is 82.1. The van der Waals surface area contributed by atoms with Crippen molar-refractivity contribution in [1.29, 1.82) is 0 Å². The SMILES string of the molecule is CCCC[C@@H]1NC(=O)[C@H](CCCCN)NC(=O)[C@H](CCCN=C(N)N)NC(=O)[C@H](CC(C)C)NC(=O)C(NC(=O)[C@H](CCC(C)C)NC(=O)[C@@H]2CCCN2C(=O)[C@@H](NC(C)=O)C(C)C)CCSSC[C@@H](C(=O)NC(CCCCN)C(=O)N2CCC[C@H]2C(=O)N2CCC[C@H]2C(=O)N[C@@H](CCC(=O)O)C(N)=O)NC(=O)[C@H](Cc2ccccc2)NC(=O)[C@H](CO)NC(=O)C(C)NC(=O)[C@@H]2CCCN2C1=O. The fourth-order valence-electron chi connectivity index (χ4n) is 17.1. The number of amides is 18. The van der Waals surface area contributed by atoms with Crippen LogP contribution in [0.1, 0.15) is 228 Å². The van der Waals surface area contributed by atoms with Crippen LogP contribution in [0.4, 0.5) is 0 Å². The van der Waals surface area contributed by atoms with Gasteiger partial charge in [-0.25, -0.2) is 0 Å². The minimum atomic E-state index is -1.82. The van der Waals surface area contributed by atoms with Gasteiger partial charge >= 0.3 is 5.97 Å². The highest BCUT2D eigenvalue weighted by Crippen LogP contribution is 2.30. The van der Waals surface area contributed by atoms with Crippen LogP contribution >= 0.6 is 21.6 Å². The van der Waals surface area contributed by atoms with Crippen molar-refractivity contribution in [2.45, 2.75) is 332 Å². The molecule has 1 aromatic rings. The number of benzene rings is 1. The highest BCUT2D eigenvalue weighted by molar-refractivity contribution is 8.76. The van der Waals surface area contributed by atoms with E-state index in [1.165, 1.54) is 33.4 Å². The topological polar surface area (TPSA) is 677 Å². The zero-order valence-electron chi connectivity index (χ0n) is 80.5. The molecule has 0 radical (unpaired) electrons. The van der Waals surface area contributed by atoms with Gasteiger partial charge in [0.15, 0.2) is 5.96 Å². The number of hydrogen-bond acceptors (Lipinski definition) is 25. The number of carboxylic acid groups (broad SMARTS) is 1. The van der Waals surface area contributed by atoms with Crippen LogP contribution in [0.15, 0.2) is 35.3 Å². The van der Waals surface area contributed by atoms with E-state index in [0.29, 0.717) is 63.4 Å². The van der Waals surface area contributed by atoms with Crippen LogP contribution in [-0.4, -0.2) is 315 Å². The van der Waals surface area contributed by atoms with Crippen LogP contribution in [0.25, 0.3) is 0 Å². The predicted octanol–water partition coefficient (Wildman–Crippen LogP) is -2.70. The quantitative estimate of drug-likeness (QED) is 0.0138. The Morgan fingerprint density at radius 2 is 1.06 bits per heavy atom. The van der Waals surface area contributed by atoms with Crippen molar-refractivity contribution in [3.63, 3.8) is 0 Å². The molecule has 5 heterocycles. The van der Waals surface area contributed by atoms with Crippen LogP contribution in [0.3, 0.4) is 0 Å². The molecule has 17 atom stereocenters. The number of nitrogens with zero attached hydrogens (tertiary/aromatic N) is 5. The number of nitrogens with two attached hydrogens (primary N) is 5. The number of primary amides is 1. The second-order valence-corrected chi connectivity index (χ2v) is 39.6. The van der Waals surface area contributed by atoms with Crippen LogP contribution in [0.2, 0.25) is 0 Å².